The van der Waals surface area contributed by atoms with Crippen molar-refractivity contribution in [3.05, 3.63) is 29.8 Å². The lowest BCUT2D eigenvalue weighted by Crippen LogP contribution is -2.29. The van der Waals surface area contributed by atoms with Crippen LogP contribution in [0.15, 0.2) is 24.3 Å². The van der Waals surface area contributed by atoms with E-state index in [-0.39, 0.29) is 11.8 Å². The van der Waals surface area contributed by atoms with Crippen LogP contribution < -0.4 is 5.32 Å². The number of unbranched alkanes of at least 4 members (excludes halogenated alkanes) is 2. The van der Waals surface area contributed by atoms with Gasteiger partial charge in [0.1, 0.15) is 4.32 Å². The Bertz CT molecular complexity index is 542. The molecule has 6 heteroatoms. The van der Waals surface area contributed by atoms with Crippen LogP contribution in [0.3, 0.4) is 0 Å². The first-order valence-corrected chi connectivity index (χ1v) is 8.79. The first-order chi connectivity index (χ1) is 10.6. The largest absolute Gasteiger partial charge is 0.326 e. The summed E-state index contributed by atoms with van der Waals surface area (Å²) >= 11 is 6.55. The van der Waals surface area contributed by atoms with E-state index in [1.807, 2.05) is 31.2 Å². The van der Waals surface area contributed by atoms with Gasteiger partial charge in [0.25, 0.3) is 0 Å². The minimum Gasteiger partial charge on any atom is -0.326 e. The van der Waals surface area contributed by atoms with E-state index in [9.17, 15) is 9.59 Å². The number of nitrogens with one attached hydrogen (secondary N) is 1. The summed E-state index contributed by atoms with van der Waals surface area (Å²) in [4.78, 5) is 25.0. The van der Waals surface area contributed by atoms with Gasteiger partial charge in [-0.3, -0.25) is 14.5 Å². The molecular weight excluding hydrogens is 316 g/mol. The molecule has 1 heterocycles. The molecule has 4 nitrogen and oxygen atoms in total. The smallest absolute Gasteiger partial charge is 0.238 e. The SMILES string of the molecule is Cc1ccc(NC(=O)CCCCCN2C(=O)CSC2=S)cc1. The Kier molecular flexibility index (Phi) is 6.39. The Balaban J connectivity index is 1.60. The lowest BCUT2D eigenvalue weighted by molar-refractivity contribution is -0.124. The average molecular weight is 336 g/mol. The zero-order valence-corrected chi connectivity index (χ0v) is 14.3. The van der Waals surface area contributed by atoms with E-state index in [0.717, 1.165) is 24.9 Å². The summed E-state index contributed by atoms with van der Waals surface area (Å²) in [5.41, 5.74) is 2.01. The van der Waals surface area contributed by atoms with Crippen LogP contribution in [0, 0.1) is 6.92 Å². The molecule has 2 amide bonds. The molecule has 0 atom stereocenters. The Hall–Kier alpha value is -1.40. The molecule has 0 radical (unpaired) electrons. The summed E-state index contributed by atoms with van der Waals surface area (Å²) in [5.74, 6) is 0.608. The van der Waals surface area contributed by atoms with E-state index < -0.39 is 0 Å². The van der Waals surface area contributed by atoms with Crippen molar-refractivity contribution in [3.63, 3.8) is 0 Å². The number of hydrogen-bond acceptors (Lipinski definition) is 4. The number of nitrogens with zero attached hydrogens (tertiary/aromatic N) is 1. The van der Waals surface area contributed by atoms with Crippen LogP contribution in [-0.2, 0) is 9.59 Å². The van der Waals surface area contributed by atoms with Gasteiger partial charge in [0.05, 0.1) is 5.75 Å². The molecule has 118 valence electrons. The van der Waals surface area contributed by atoms with Gasteiger partial charge in [-0.1, -0.05) is 48.1 Å². The van der Waals surface area contributed by atoms with Crippen LogP contribution in [0.25, 0.3) is 0 Å². The van der Waals surface area contributed by atoms with Crippen molar-refractivity contribution in [1.82, 2.24) is 4.90 Å². The third kappa shape index (κ3) is 5.10. The second kappa shape index (κ2) is 8.29. The number of aryl methyl sites for hydroxylation is 1. The maximum atomic E-state index is 11.8. The molecule has 1 aliphatic rings. The van der Waals surface area contributed by atoms with Gasteiger partial charge in [0.15, 0.2) is 0 Å². The number of thiocarbonyl (C=S) groups is 1. The van der Waals surface area contributed by atoms with Gasteiger partial charge in [-0.15, -0.1) is 0 Å². The minimum atomic E-state index is 0.0344. The van der Waals surface area contributed by atoms with Crippen molar-refractivity contribution in [1.29, 1.82) is 0 Å². The highest BCUT2D eigenvalue weighted by Gasteiger charge is 2.25. The first kappa shape index (κ1) is 17.0. The van der Waals surface area contributed by atoms with Crippen LogP contribution in [0.2, 0.25) is 0 Å². The quantitative estimate of drug-likeness (QED) is 0.613. The van der Waals surface area contributed by atoms with Crippen LogP contribution in [0.4, 0.5) is 5.69 Å². The highest BCUT2D eigenvalue weighted by Crippen LogP contribution is 2.20. The van der Waals surface area contributed by atoms with Gasteiger partial charge in [-0.2, -0.15) is 0 Å². The number of hydrogen-bond donors (Lipinski definition) is 1. The van der Waals surface area contributed by atoms with Crippen molar-refractivity contribution in [3.8, 4) is 0 Å². The molecule has 0 aromatic heterocycles. The minimum absolute atomic E-state index is 0.0344. The molecule has 0 bridgehead atoms. The molecule has 1 fully saturated rings. The van der Waals surface area contributed by atoms with Gasteiger partial charge >= 0.3 is 0 Å². The van der Waals surface area contributed by atoms with Gasteiger partial charge in [0, 0.05) is 18.7 Å². The Morgan fingerprint density at radius 3 is 2.64 bits per heavy atom. The second-order valence-electron chi connectivity index (χ2n) is 5.32. The molecule has 1 saturated heterocycles. The monoisotopic (exact) mass is 336 g/mol. The lowest BCUT2D eigenvalue weighted by Gasteiger charge is -2.14. The van der Waals surface area contributed by atoms with Gasteiger partial charge in [-0.25, -0.2) is 0 Å². The van der Waals surface area contributed by atoms with Crippen molar-refractivity contribution in [2.45, 2.75) is 32.6 Å². The highest BCUT2D eigenvalue weighted by atomic mass is 32.2. The normalized spacial score (nSPS) is 14.5. The predicted molar refractivity (Wildman–Crippen MR) is 95.0 cm³/mol. The predicted octanol–water partition coefficient (Wildman–Crippen LogP) is 3.35. The first-order valence-electron chi connectivity index (χ1n) is 7.40. The van der Waals surface area contributed by atoms with Crippen LogP contribution in [0.1, 0.15) is 31.2 Å². The Morgan fingerprint density at radius 1 is 1.27 bits per heavy atom. The summed E-state index contributed by atoms with van der Waals surface area (Å²) in [6, 6.07) is 7.77. The standard InChI is InChI=1S/C16H20N2O2S2/c1-12-6-8-13(9-7-12)17-14(19)5-3-2-4-10-18-15(20)11-22-16(18)21/h6-9H,2-5,10-11H2,1H3,(H,17,19). The fraction of sp³-hybridized carbons (Fsp3) is 0.438. The number of carbonyl (C=O) groups excluding carboxylic acids is 2. The molecule has 0 saturated carbocycles. The fourth-order valence-corrected chi connectivity index (χ4v) is 3.31. The number of carbonyl (C=O) groups is 2. The number of amides is 2. The molecule has 0 spiro atoms. The highest BCUT2D eigenvalue weighted by molar-refractivity contribution is 8.23. The molecule has 22 heavy (non-hydrogen) atoms. The summed E-state index contributed by atoms with van der Waals surface area (Å²) in [6.07, 6.45) is 3.11. The van der Waals surface area contributed by atoms with Crippen molar-refractivity contribution >= 4 is 45.8 Å². The zero-order chi connectivity index (χ0) is 15.9. The van der Waals surface area contributed by atoms with E-state index in [1.165, 1.54) is 17.3 Å². The van der Waals surface area contributed by atoms with Crippen LogP contribution >= 0.6 is 24.0 Å². The molecule has 1 aromatic carbocycles. The third-order valence-corrected chi connectivity index (χ3v) is 4.89. The lowest BCUT2D eigenvalue weighted by atomic mass is 10.1. The third-order valence-electron chi connectivity index (χ3n) is 3.46. The van der Waals surface area contributed by atoms with E-state index >= 15 is 0 Å². The number of thioether (sulfide) groups is 1. The van der Waals surface area contributed by atoms with Crippen LogP contribution in [0.5, 0.6) is 0 Å². The molecule has 0 unspecified atom stereocenters. The van der Waals surface area contributed by atoms with Gasteiger partial charge in [0.2, 0.25) is 11.8 Å². The van der Waals surface area contributed by atoms with E-state index in [0.29, 0.717) is 23.0 Å². The zero-order valence-electron chi connectivity index (χ0n) is 12.6. The molecule has 1 aliphatic heterocycles. The average Bonchev–Trinajstić information content (AvgIpc) is 2.81. The number of rotatable bonds is 7. The van der Waals surface area contributed by atoms with Gasteiger partial charge < -0.3 is 5.32 Å². The topological polar surface area (TPSA) is 49.4 Å². The van der Waals surface area contributed by atoms with E-state index in [2.05, 4.69) is 5.32 Å². The maximum absolute atomic E-state index is 11.8. The van der Waals surface area contributed by atoms with Crippen molar-refractivity contribution < 1.29 is 9.59 Å². The fourth-order valence-electron chi connectivity index (χ4n) is 2.19. The van der Waals surface area contributed by atoms with E-state index in [4.69, 9.17) is 12.2 Å². The van der Waals surface area contributed by atoms with Crippen molar-refractivity contribution in [2.24, 2.45) is 0 Å². The summed E-state index contributed by atoms with van der Waals surface area (Å²) in [7, 11) is 0. The van der Waals surface area contributed by atoms with Gasteiger partial charge in [-0.05, 0) is 31.9 Å². The maximum Gasteiger partial charge on any atom is 0.238 e. The van der Waals surface area contributed by atoms with E-state index in [1.54, 1.807) is 4.90 Å². The van der Waals surface area contributed by atoms with Crippen LogP contribution in [-0.4, -0.2) is 33.3 Å². The summed E-state index contributed by atoms with van der Waals surface area (Å²) in [6.45, 7) is 2.69. The Morgan fingerprint density at radius 2 is 2.00 bits per heavy atom. The molecule has 1 N–H and O–H groups in total. The molecule has 2 rings (SSSR count). The second-order valence-corrected chi connectivity index (χ2v) is 6.93. The molecular formula is C16H20N2O2S2. The molecule has 0 aliphatic carbocycles. The number of benzene rings is 1. The summed E-state index contributed by atoms with van der Waals surface area (Å²) in [5, 5.41) is 2.89. The summed E-state index contributed by atoms with van der Waals surface area (Å²) < 4.78 is 0.683. The number of anilines is 1. The molecule has 1 aromatic rings. The Labute approximate surface area is 140 Å². The van der Waals surface area contributed by atoms with Crippen molar-refractivity contribution in [2.75, 3.05) is 17.6 Å².